The van der Waals surface area contributed by atoms with Gasteiger partial charge in [-0.25, -0.2) is 4.79 Å². The third-order valence-corrected chi connectivity index (χ3v) is 7.99. The minimum atomic E-state index is -0.813. The van der Waals surface area contributed by atoms with Gasteiger partial charge in [0, 0.05) is 29.6 Å². The predicted octanol–water partition coefficient (Wildman–Crippen LogP) is 4.53. The molecule has 0 radical (unpaired) electrons. The van der Waals surface area contributed by atoms with Crippen LogP contribution in [0.15, 0.2) is 78.9 Å². The second-order valence-corrected chi connectivity index (χ2v) is 10.7. The van der Waals surface area contributed by atoms with Crippen LogP contribution in [0.2, 0.25) is 0 Å². The number of esters is 1. The van der Waals surface area contributed by atoms with Crippen molar-refractivity contribution in [1.29, 1.82) is 0 Å². The molecule has 3 aromatic carbocycles. The maximum atomic E-state index is 14.1. The molecule has 4 aromatic rings. The van der Waals surface area contributed by atoms with E-state index in [1.54, 1.807) is 29.2 Å². The van der Waals surface area contributed by atoms with E-state index < -0.39 is 17.7 Å². The van der Waals surface area contributed by atoms with Crippen molar-refractivity contribution >= 4 is 22.8 Å². The van der Waals surface area contributed by atoms with Crippen molar-refractivity contribution < 1.29 is 19.4 Å². The number of ether oxygens (including phenoxy) is 1. The van der Waals surface area contributed by atoms with E-state index in [0.29, 0.717) is 13.0 Å². The summed E-state index contributed by atoms with van der Waals surface area (Å²) in [4.78, 5) is 35.2. The summed E-state index contributed by atoms with van der Waals surface area (Å²) in [5.41, 5.74) is 4.38. The van der Waals surface area contributed by atoms with Crippen LogP contribution < -0.4 is 0 Å². The number of para-hydroxylation sites is 1. The van der Waals surface area contributed by atoms with Crippen LogP contribution in [0.4, 0.5) is 0 Å². The zero-order valence-corrected chi connectivity index (χ0v) is 21.6. The molecule has 1 aromatic heterocycles. The maximum absolute atomic E-state index is 14.1. The number of hydrogen-bond acceptors (Lipinski definition) is 5. The van der Waals surface area contributed by atoms with Gasteiger partial charge in [-0.3, -0.25) is 9.69 Å². The summed E-state index contributed by atoms with van der Waals surface area (Å²) in [7, 11) is 0. The fraction of sp³-hybridized carbons (Fsp3) is 0.290. The number of H-pyrrole nitrogens is 1. The maximum Gasteiger partial charge on any atom is 0.329 e. The van der Waals surface area contributed by atoms with Gasteiger partial charge in [-0.05, 0) is 55.2 Å². The number of carbonyl (C=O) groups excluding carboxylic acids is 2. The molecular weight excluding hydrogens is 478 g/mol. The van der Waals surface area contributed by atoms with Crippen molar-refractivity contribution in [2.24, 2.45) is 0 Å². The molecule has 2 N–H and O–H groups in total. The Hall–Kier alpha value is -4.10. The number of benzene rings is 3. The van der Waals surface area contributed by atoms with Crippen LogP contribution >= 0.6 is 0 Å². The van der Waals surface area contributed by atoms with Crippen molar-refractivity contribution in [3.8, 4) is 5.75 Å². The summed E-state index contributed by atoms with van der Waals surface area (Å²) in [6.07, 6.45) is 0.876. The topological polar surface area (TPSA) is 85.9 Å². The van der Waals surface area contributed by atoms with Gasteiger partial charge in [0.1, 0.15) is 18.4 Å². The minimum absolute atomic E-state index is 0.0635. The van der Waals surface area contributed by atoms with Gasteiger partial charge < -0.3 is 19.7 Å². The lowest BCUT2D eigenvalue weighted by atomic mass is 9.96. The lowest BCUT2D eigenvalue weighted by molar-refractivity contribution is -0.159. The average Bonchev–Trinajstić information content (AvgIpc) is 3.38. The van der Waals surface area contributed by atoms with Gasteiger partial charge in [0.2, 0.25) is 5.91 Å². The third kappa shape index (κ3) is 4.13. The van der Waals surface area contributed by atoms with Crippen LogP contribution in [0.3, 0.4) is 0 Å². The van der Waals surface area contributed by atoms with E-state index in [9.17, 15) is 14.7 Å². The highest BCUT2D eigenvalue weighted by Gasteiger charge is 2.56. The van der Waals surface area contributed by atoms with E-state index in [4.69, 9.17) is 4.74 Å². The lowest BCUT2D eigenvalue weighted by Gasteiger charge is -2.42. The number of nitrogens with zero attached hydrogens (tertiary/aromatic N) is 2. The Bertz CT molecular complexity index is 1490. The summed E-state index contributed by atoms with van der Waals surface area (Å²) in [5, 5.41) is 10.9. The van der Waals surface area contributed by atoms with E-state index >= 15 is 0 Å². The Morgan fingerprint density at radius 2 is 1.74 bits per heavy atom. The Balaban J connectivity index is 1.32. The third-order valence-electron chi connectivity index (χ3n) is 7.99. The Kier molecular flexibility index (Phi) is 5.95. The number of amides is 1. The summed E-state index contributed by atoms with van der Waals surface area (Å²) in [6.45, 7) is 4.74. The highest BCUT2D eigenvalue weighted by Crippen LogP contribution is 2.42. The van der Waals surface area contributed by atoms with E-state index in [2.05, 4.69) is 22.0 Å². The van der Waals surface area contributed by atoms with E-state index in [0.717, 1.165) is 27.7 Å². The molecule has 2 atom stereocenters. The number of carbonyl (C=O) groups is 2. The van der Waals surface area contributed by atoms with Crippen LogP contribution in [-0.2, 0) is 40.3 Å². The molecule has 0 spiro atoms. The van der Waals surface area contributed by atoms with Crippen molar-refractivity contribution in [2.45, 2.75) is 57.6 Å². The van der Waals surface area contributed by atoms with Gasteiger partial charge in [-0.1, -0.05) is 60.7 Å². The predicted molar refractivity (Wildman–Crippen MR) is 144 cm³/mol. The summed E-state index contributed by atoms with van der Waals surface area (Å²) in [5.74, 6) is -0.349. The Morgan fingerprint density at radius 3 is 2.50 bits per heavy atom. The number of fused-ring (bicyclic) bond motifs is 4. The Morgan fingerprint density at radius 1 is 1.03 bits per heavy atom. The highest BCUT2D eigenvalue weighted by atomic mass is 16.5. The molecule has 1 fully saturated rings. The van der Waals surface area contributed by atoms with Crippen LogP contribution in [0.5, 0.6) is 5.75 Å². The molecular formula is C31H31N3O4. The molecule has 7 heteroatoms. The number of aromatic hydroxyl groups is 1. The molecule has 1 saturated heterocycles. The summed E-state index contributed by atoms with van der Waals surface area (Å²) in [6, 6.07) is 23.3. The lowest BCUT2D eigenvalue weighted by Crippen LogP contribution is -2.57. The fourth-order valence-corrected chi connectivity index (χ4v) is 6.07. The normalized spacial score (nSPS) is 19.3. The van der Waals surface area contributed by atoms with Gasteiger partial charge in [0.15, 0.2) is 0 Å². The second-order valence-electron chi connectivity index (χ2n) is 10.7. The number of rotatable bonds is 6. The van der Waals surface area contributed by atoms with Gasteiger partial charge >= 0.3 is 5.97 Å². The summed E-state index contributed by atoms with van der Waals surface area (Å²) >= 11 is 0. The molecule has 0 unspecified atom stereocenters. The zero-order valence-electron chi connectivity index (χ0n) is 21.6. The van der Waals surface area contributed by atoms with E-state index in [1.165, 1.54) is 5.56 Å². The molecule has 38 heavy (non-hydrogen) atoms. The fourth-order valence-electron chi connectivity index (χ4n) is 6.07. The number of phenols is 1. The molecule has 6 rings (SSSR count). The van der Waals surface area contributed by atoms with Crippen LogP contribution in [0.25, 0.3) is 10.9 Å². The first-order chi connectivity index (χ1) is 18.3. The highest BCUT2D eigenvalue weighted by molar-refractivity contribution is 5.92. The molecule has 1 amide bonds. The Labute approximate surface area is 221 Å². The average molecular weight is 510 g/mol. The van der Waals surface area contributed by atoms with E-state index in [-0.39, 0.29) is 30.7 Å². The van der Waals surface area contributed by atoms with Gasteiger partial charge in [0.05, 0.1) is 11.7 Å². The first-order valence-corrected chi connectivity index (χ1v) is 13.0. The second kappa shape index (κ2) is 9.33. The first kappa shape index (κ1) is 24.2. The van der Waals surface area contributed by atoms with Gasteiger partial charge in [-0.15, -0.1) is 0 Å². The molecule has 2 aliphatic heterocycles. The number of nitrogens with one attached hydrogen (secondary N) is 1. The van der Waals surface area contributed by atoms with Crippen LogP contribution in [0.1, 0.15) is 36.2 Å². The van der Waals surface area contributed by atoms with Crippen LogP contribution in [0, 0.1) is 0 Å². The largest absolute Gasteiger partial charge is 0.508 e. The first-order valence-electron chi connectivity index (χ1n) is 13.0. The molecule has 0 bridgehead atoms. The zero-order chi connectivity index (χ0) is 26.4. The number of hydrogen-bond donors (Lipinski definition) is 2. The summed E-state index contributed by atoms with van der Waals surface area (Å²) < 4.78 is 5.79. The minimum Gasteiger partial charge on any atom is -0.508 e. The molecule has 7 nitrogen and oxygen atoms in total. The molecule has 3 heterocycles. The standard InChI is InChI=1S/C31H31N3O4/c1-31(2)33-18-26-24(23-10-6-7-11-25(23)32-26)17-27(33)29(36)34(31)28(16-20-12-14-22(35)15-13-20)30(37)38-19-21-8-4-3-5-9-21/h3-15,27-28,32,35H,16-19H2,1-2H3/t27-,28-/m0/s1. The molecule has 2 aliphatic rings. The molecule has 0 aliphatic carbocycles. The monoisotopic (exact) mass is 509 g/mol. The van der Waals surface area contributed by atoms with Gasteiger partial charge in [0.25, 0.3) is 0 Å². The number of aromatic amines is 1. The van der Waals surface area contributed by atoms with Crippen LogP contribution in [-0.4, -0.2) is 49.5 Å². The van der Waals surface area contributed by atoms with Crippen molar-refractivity contribution in [2.75, 3.05) is 0 Å². The van der Waals surface area contributed by atoms with E-state index in [1.807, 2.05) is 56.3 Å². The number of aromatic nitrogens is 1. The smallest absolute Gasteiger partial charge is 0.329 e. The van der Waals surface area contributed by atoms with Gasteiger partial charge in [-0.2, -0.15) is 0 Å². The van der Waals surface area contributed by atoms with Crippen molar-refractivity contribution in [3.63, 3.8) is 0 Å². The van der Waals surface area contributed by atoms with Crippen molar-refractivity contribution in [3.05, 3.63) is 101 Å². The molecule has 0 saturated carbocycles. The number of phenolic OH excluding ortho intramolecular Hbond substituents is 1. The quantitative estimate of drug-likeness (QED) is 0.373. The molecule has 194 valence electrons. The van der Waals surface area contributed by atoms with Crippen molar-refractivity contribution in [1.82, 2.24) is 14.8 Å². The SMILES string of the molecule is CC1(C)N2Cc3[nH]c4ccccc4c3C[C@H]2C(=O)N1[C@@H](Cc1ccc(O)cc1)C(=O)OCc1ccccc1.